The predicted molar refractivity (Wildman–Crippen MR) is 80.7 cm³/mol. The van der Waals surface area contributed by atoms with Crippen LogP contribution in [-0.2, 0) is 9.47 Å². The molecule has 7 atom stereocenters. The summed E-state index contributed by atoms with van der Waals surface area (Å²) < 4.78 is 12.9. The van der Waals surface area contributed by atoms with Crippen LogP contribution in [0, 0.1) is 22.2 Å². The maximum atomic E-state index is 11.7. The van der Waals surface area contributed by atoms with Gasteiger partial charge >= 0.3 is 0 Å². The second kappa shape index (κ2) is 3.59. The zero-order valence-electron chi connectivity index (χ0n) is 12.9. The predicted octanol–water partition coefficient (Wildman–Crippen LogP) is 2.19. The number of aliphatic hydroxyl groups excluding tert-OH is 1. The molecule has 1 aliphatic heterocycles. The largest absolute Gasteiger partial charge is 0.388 e. The van der Waals surface area contributed by atoms with Crippen molar-refractivity contribution in [2.24, 2.45) is 22.2 Å². The van der Waals surface area contributed by atoms with Crippen molar-refractivity contribution in [1.82, 2.24) is 0 Å². The highest BCUT2D eigenvalue weighted by molar-refractivity contribution is 9.11. The van der Waals surface area contributed by atoms with E-state index in [1.54, 1.807) is 7.11 Å². The van der Waals surface area contributed by atoms with Crippen LogP contribution >= 0.6 is 15.9 Å². The Morgan fingerprint density at radius 1 is 1.43 bits per heavy atom. The van der Waals surface area contributed by atoms with Crippen LogP contribution in [-0.4, -0.2) is 41.4 Å². The third kappa shape index (κ3) is 0.996. The molecule has 4 bridgehead atoms. The van der Waals surface area contributed by atoms with Gasteiger partial charge in [0.15, 0.2) is 0 Å². The quantitative estimate of drug-likeness (QED) is 0.754. The lowest BCUT2D eigenvalue weighted by molar-refractivity contribution is -0.358. The van der Waals surface area contributed by atoms with E-state index in [9.17, 15) is 10.2 Å². The molecule has 1 spiro atoms. The van der Waals surface area contributed by atoms with Crippen molar-refractivity contribution in [2.45, 2.75) is 51.1 Å². The Bertz CT molecular complexity index is 564. The summed E-state index contributed by atoms with van der Waals surface area (Å²) in [5, 5.41) is 23.0. The molecule has 0 unspecified atom stereocenters. The van der Waals surface area contributed by atoms with Crippen LogP contribution in [0.5, 0.6) is 0 Å². The van der Waals surface area contributed by atoms with Crippen LogP contribution in [0.15, 0.2) is 10.6 Å². The number of halogens is 1. The van der Waals surface area contributed by atoms with Crippen molar-refractivity contribution in [3.63, 3.8) is 0 Å². The van der Waals surface area contributed by atoms with Gasteiger partial charge in [-0.15, -0.1) is 0 Å². The maximum Gasteiger partial charge on any atom is 0.206 e. The zero-order valence-corrected chi connectivity index (χ0v) is 14.5. The van der Waals surface area contributed by atoms with Gasteiger partial charge in [0.1, 0.15) is 6.10 Å². The summed E-state index contributed by atoms with van der Waals surface area (Å²) in [7, 11) is 1.59. The van der Waals surface area contributed by atoms with Gasteiger partial charge in [0.05, 0.1) is 23.0 Å². The zero-order chi connectivity index (χ0) is 15.5. The molecular weight excluding hydrogens is 336 g/mol. The molecule has 0 amide bonds. The van der Waals surface area contributed by atoms with E-state index in [1.807, 2.05) is 6.92 Å². The first-order valence-electron chi connectivity index (χ1n) is 7.66. The Balaban J connectivity index is 2.14. The Hall–Kier alpha value is 0.0600. The van der Waals surface area contributed by atoms with Gasteiger partial charge < -0.3 is 19.7 Å². The lowest BCUT2D eigenvalue weighted by Crippen LogP contribution is -2.80. The number of aliphatic hydroxyl groups is 2. The molecule has 0 aromatic carbocycles. The molecule has 2 N–H and O–H groups in total. The van der Waals surface area contributed by atoms with Crippen LogP contribution < -0.4 is 0 Å². The second-order valence-corrected chi connectivity index (χ2v) is 8.60. The average molecular weight is 359 g/mol. The minimum Gasteiger partial charge on any atom is -0.388 e. The number of methoxy groups -OCH3 is 1. The Kier molecular flexibility index (Phi) is 2.50. The topological polar surface area (TPSA) is 58.9 Å². The molecule has 5 heteroatoms. The summed E-state index contributed by atoms with van der Waals surface area (Å²) in [5.41, 5.74) is -2.78. The first-order valence-corrected chi connectivity index (χ1v) is 8.46. The van der Waals surface area contributed by atoms with Crippen molar-refractivity contribution in [1.29, 1.82) is 0 Å². The summed E-state index contributed by atoms with van der Waals surface area (Å²) in [6, 6.07) is 0. The normalized spacial score (nSPS) is 64.6. The van der Waals surface area contributed by atoms with Crippen LogP contribution in [0.4, 0.5) is 0 Å². The molecule has 5 rings (SSSR count). The van der Waals surface area contributed by atoms with Gasteiger partial charge in [-0.1, -0.05) is 35.9 Å². The van der Waals surface area contributed by atoms with Gasteiger partial charge in [-0.05, 0) is 25.7 Å². The highest BCUT2D eigenvalue weighted by Crippen LogP contribution is 2.81. The summed E-state index contributed by atoms with van der Waals surface area (Å²) in [6.45, 7) is 6.62. The molecule has 0 aromatic heterocycles. The number of hydrogen-bond donors (Lipinski definition) is 2. The van der Waals surface area contributed by atoms with Gasteiger partial charge in [-0.3, -0.25) is 0 Å². The fourth-order valence-electron chi connectivity index (χ4n) is 6.16. The molecule has 0 aromatic rings. The second-order valence-electron chi connectivity index (χ2n) is 7.75. The molecular formula is C16H23BrO4. The number of rotatable bonds is 1. The highest BCUT2D eigenvalue weighted by atomic mass is 79.9. The SMILES string of the molecule is CO[C@]12OC[C@]3(C)[C@]4(O)CC[C@H](C)[C@]4(C=C(Br)[C@]13C)[C@@H]2O. The van der Waals surface area contributed by atoms with Crippen LogP contribution in [0.25, 0.3) is 0 Å². The van der Waals surface area contributed by atoms with E-state index in [2.05, 4.69) is 35.9 Å². The van der Waals surface area contributed by atoms with E-state index in [4.69, 9.17) is 9.47 Å². The Labute approximate surface area is 133 Å². The fraction of sp³-hybridized carbons (Fsp3) is 0.875. The molecule has 5 aliphatic rings. The summed E-state index contributed by atoms with van der Waals surface area (Å²) in [6.07, 6.45) is 2.77. The first-order chi connectivity index (χ1) is 9.68. The Morgan fingerprint density at radius 2 is 2.10 bits per heavy atom. The smallest absolute Gasteiger partial charge is 0.206 e. The summed E-state index contributed by atoms with van der Waals surface area (Å²) >= 11 is 3.72. The molecule has 118 valence electrons. The summed E-state index contributed by atoms with van der Waals surface area (Å²) in [4.78, 5) is 0. The van der Waals surface area contributed by atoms with Gasteiger partial charge in [0.2, 0.25) is 5.79 Å². The van der Waals surface area contributed by atoms with Gasteiger partial charge in [-0.25, -0.2) is 0 Å². The monoisotopic (exact) mass is 358 g/mol. The average Bonchev–Trinajstić information content (AvgIpc) is 2.84. The van der Waals surface area contributed by atoms with Gasteiger partial charge in [0, 0.05) is 17.0 Å². The van der Waals surface area contributed by atoms with Crippen LogP contribution in [0.3, 0.4) is 0 Å². The van der Waals surface area contributed by atoms with Crippen LogP contribution in [0.1, 0.15) is 33.6 Å². The third-order valence-electron chi connectivity index (χ3n) is 7.72. The standard InChI is InChI=1S/C16H23BrO4/c1-9-5-6-15(19)12(2)8-21-16(20-4)11(18)14(9,15)7-10(17)13(12,16)3/h7,9,11,18-19H,5-6,8H2,1-4H3/t9-,11-,12-,13-,14+,15+,16+/m0/s1. The molecule has 4 aliphatic carbocycles. The van der Waals surface area contributed by atoms with Crippen molar-refractivity contribution < 1.29 is 19.7 Å². The summed E-state index contributed by atoms with van der Waals surface area (Å²) in [5.74, 6) is -0.925. The van der Waals surface area contributed by atoms with E-state index < -0.39 is 33.7 Å². The van der Waals surface area contributed by atoms with Gasteiger partial charge in [-0.2, -0.15) is 0 Å². The van der Waals surface area contributed by atoms with E-state index in [0.717, 1.165) is 10.9 Å². The molecule has 0 radical (unpaired) electrons. The minimum absolute atomic E-state index is 0.172. The highest BCUT2D eigenvalue weighted by Gasteiger charge is 2.89. The van der Waals surface area contributed by atoms with Crippen molar-refractivity contribution in [3.8, 4) is 0 Å². The van der Waals surface area contributed by atoms with E-state index in [1.165, 1.54) is 0 Å². The van der Waals surface area contributed by atoms with Gasteiger partial charge in [0.25, 0.3) is 0 Å². The molecule has 2 saturated carbocycles. The van der Waals surface area contributed by atoms with E-state index >= 15 is 0 Å². The van der Waals surface area contributed by atoms with Crippen LogP contribution in [0.2, 0.25) is 0 Å². The Morgan fingerprint density at radius 3 is 2.71 bits per heavy atom. The first kappa shape index (κ1) is 14.6. The van der Waals surface area contributed by atoms with E-state index in [-0.39, 0.29) is 5.92 Å². The lowest BCUT2D eigenvalue weighted by Gasteiger charge is -2.69. The molecule has 21 heavy (non-hydrogen) atoms. The van der Waals surface area contributed by atoms with E-state index in [0.29, 0.717) is 13.0 Å². The van der Waals surface area contributed by atoms with Crippen molar-refractivity contribution in [3.05, 3.63) is 10.6 Å². The lowest BCUT2D eigenvalue weighted by atomic mass is 9.38. The maximum absolute atomic E-state index is 11.7. The molecule has 1 saturated heterocycles. The molecule has 3 fully saturated rings. The third-order valence-corrected chi connectivity index (χ3v) is 8.74. The minimum atomic E-state index is -1.10. The fourth-order valence-corrected chi connectivity index (χ4v) is 7.25. The molecule has 4 nitrogen and oxygen atoms in total. The number of ether oxygens (including phenoxy) is 2. The molecule has 1 heterocycles. The number of hydrogen-bond acceptors (Lipinski definition) is 4. The van der Waals surface area contributed by atoms with Crippen molar-refractivity contribution in [2.75, 3.05) is 13.7 Å². The van der Waals surface area contributed by atoms with Crippen molar-refractivity contribution >= 4 is 15.9 Å².